The van der Waals surface area contributed by atoms with Crippen molar-refractivity contribution in [2.75, 3.05) is 13.2 Å². The van der Waals surface area contributed by atoms with Crippen LogP contribution in [0.15, 0.2) is 60.7 Å². The zero-order valence-electron chi connectivity index (χ0n) is 22.6. The Morgan fingerprint density at radius 3 is 2.10 bits per heavy atom. The molecule has 0 bridgehead atoms. The Bertz CT molecular complexity index is 1260. The van der Waals surface area contributed by atoms with Crippen molar-refractivity contribution in [3.05, 3.63) is 89.5 Å². The summed E-state index contributed by atoms with van der Waals surface area (Å²) in [5.74, 6) is -4.12. The maximum absolute atomic E-state index is 15.2. The molecule has 0 aliphatic carbocycles. The molecule has 1 heterocycles. The summed E-state index contributed by atoms with van der Waals surface area (Å²) >= 11 is 0. The molecule has 208 valence electrons. The molecule has 2 unspecified atom stereocenters. The fourth-order valence-electron chi connectivity index (χ4n) is 5.06. The van der Waals surface area contributed by atoms with Gasteiger partial charge in [0.05, 0.1) is 19.3 Å². The Labute approximate surface area is 228 Å². The molecule has 2 nitrogen and oxygen atoms in total. The fourth-order valence-corrected chi connectivity index (χ4v) is 5.06. The fraction of sp³-hybridized carbons (Fsp3) is 0.394. The van der Waals surface area contributed by atoms with Gasteiger partial charge in [0.1, 0.15) is 0 Å². The minimum Gasteiger partial charge on any atom is -0.490 e. The molecule has 1 aliphatic rings. The lowest BCUT2D eigenvalue weighted by molar-refractivity contribution is -0.000894. The zero-order valence-corrected chi connectivity index (χ0v) is 22.6. The van der Waals surface area contributed by atoms with E-state index < -0.39 is 23.3 Å². The number of hydrogen-bond acceptors (Lipinski definition) is 2. The molecule has 0 saturated carbocycles. The standard InChI is InChI=1S/C33H36F4O2/c1-3-5-7-9-25-15-14-24(21-39-25)28-17-16-26(30(34)31(28)35)22-10-12-23(13-11-22)27-18-19-29(33(37)32(27)36)38-20-8-6-4-2/h3,5,10-13,16-19,24-25H,4,6-9,14-15,20-21H2,1-2H3/b5-3+. The van der Waals surface area contributed by atoms with Crippen LogP contribution in [-0.4, -0.2) is 19.3 Å². The van der Waals surface area contributed by atoms with Gasteiger partial charge in [0, 0.05) is 17.0 Å². The highest BCUT2D eigenvalue weighted by Crippen LogP contribution is 2.36. The smallest absolute Gasteiger partial charge is 0.201 e. The largest absolute Gasteiger partial charge is 0.490 e. The normalized spacial score (nSPS) is 17.6. The highest BCUT2D eigenvalue weighted by molar-refractivity contribution is 5.72. The van der Waals surface area contributed by atoms with Crippen LogP contribution >= 0.6 is 0 Å². The third-order valence-corrected chi connectivity index (χ3v) is 7.37. The Morgan fingerprint density at radius 1 is 0.821 bits per heavy atom. The zero-order chi connectivity index (χ0) is 27.8. The molecule has 3 aromatic rings. The highest BCUT2D eigenvalue weighted by Gasteiger charge is 2.27. The SMILES string of the molecule is C/C=C/CCC1CCC(c2ccc(-c3ccc(-c4ccc(OCCCCC)c(F)c4F)cc3)c(F)c2F)CO1. The Hall–Kier alpha value is -3.12. The summed E-state index contributed by atoms with van der Waals surface area (Å²) in [5.41, 5.74) is 1.39. The molecule has 2 atom stereocenters. The Kier molecular flexibility index (Phi) is 10.2. The predicted octanol–water partition coefficient (Wildman–Crippen LogP) is 9.76. The van der Waals surface area contributed by atoms with Gasteiger partial charge in [0.15, 0.2) is 23.2 Å². The van der Waals surface area contributed by atoms with Crippen LogP contribution in [0.3, 0.4) is 0 Å². The molecule has 0 N–H and O–H groups in total. The first-order valence-corrected chi connectivity index (χ1v) is 13.9. The first-order valence-electron chi connectivity index (χ1n) is 13.9. The predicted molar refractivity (Wildman–Crippen MR) is 148 cm³/mol. The third-order valence-electron chi connectivity index (χ3n) is 7.37. The summed E-state index contributed by atoms with van der Waals surface area (Å²) in [6.07, 6.45) is 10.4. The van der Waals surface area contributed by atoms with Crippen molar-refractivity contribution >= 4 is 0 Å². The molecule has 3 aromatic carbocycles. The molecule has 6 heteroatoms. The molecule has 0 spiro atoms. The number of unbranched alkanes of at least 4 members (excludes halogenated alkanes) is 2. The summed E-state index contributed by atoms with van der Waals surface area (Å²) in [4.78, 5) is 0. The van der Waals surface area contributed by atoms with Gasteiger partial charge in [0.2, 0.25) is 5.82 Å². The number of allylic oxidation sites excluding steroid dienone is 2. The number of halogens is 4. The summed E-state index contributed by atoms with van der Waals surface area (Å²) in [7, 11) is 0. The van der Waals surface area contributed by atoms with Crippen molar-refractivity contribution in [1.29, 1.82) is 0 Å². The van der Waals surface area contributed by atoms with Gasteiger partial charge >= 0.3 is 0 Å². The molecule has 0 radical (unpaired) electrons. The van der Waals surface area contributed by atoms with E-state index in [4.69, 9.17) is 9.47 Å². The number of rotatable bonds is 11. The van der Waals surface area contributed by atoms with E-state index >= 15 is 8.78 Å². The maximum Gasteiger partial charge on any atom is 0.201 e. The second-order valence-corrected chi connectivity index (χ2v) is 10.1. The first-order chi connectivity index (χ1) is 18.9. The molecule has 1 saturated heterocycles. The van der Waals surface area contributed by atoms with Crippen molar-refractivity contribution in [2.24, 2.45) is 0 Å². The van der Waals surface area contributed by atoms with Crippen LogP contribution in [0.5, 0.6) is 5.75 Å². The Balaban J connectivity index is 1.46. The summed E-state index contributed by atoms with van der Waals surface area (Å²) < 4.78 is 71.0. The van der Waals surface area contributed by atoms with Crippen LogP contribution in [0.4, 0.5) is 17.6 Å². The molecule has 4 rings (SSSR count). The van der Waals surface area contributed by atoms with Crippen molar-refractivity contribution in [3.63, 3.8) is 0 Å². The maximum atomic E-state index is 15.2. The van der Waals surface area contributed by atoms with Crippen molar-refractivity contribution in [3.8, 4) is 28.0 Å². The van der Waals surface area contributed by atoms with Crippen molar-refractivity contribution in [2.45, 2.75) is 70.8 Å². The van der Waals surface area contributed by atoms with Crippen LogP contribution in [0, 0.1) is 23.3 Å². The van der Waals surface area contributed by atoms with E-state index in [1.807, 2.05) is 13.0 Å². The van der Waals surface area contributed by atoms with Crippen LogP contribution in [0.2, 0.25) is 0 Å². The van der Waals surface area contributed by atoms with Gasteiger partial charge in [-0.15, -0.1) is 0 Å². The van der Waals surface area contributed by atoms with Crippen molar-refractivity contribution < 1.29 is 27.0 Å². The van der Waals surface area contributed by atoms with Gasteiger partial charge in [-0.05, 0) is 67.9 Å². The van der Waals surface area contributed by atoms with Gasteiger partial charge in [-0.2, -0.15) is 4.39 Å². The number of benzene rings is 3. The van der Waals surface area contributed by atoms with Crippen LogP contribution < -0.4 is 4.74 Å². The lowest BCUT2D eigenvalue weighted by Gasteiger charge is -2.29. The van der Waals surface area contributed by atoms with E-state index in [2.05, 4.69) is 13.0 Å². The topological polar surface area (TPSA) is 18.5 Å². The van der Waals surface area contributed by atoms with Gasteiger partial charge in [-0.25, -0.2) is 13.2 Å². The molecule has 0 amide bonds. The van der Waals surface area contributed by atoms with E-state index in [1.54, 1.807) is 36.4 Å². The Morgan fingerprint density at radius 2 is 1.49 bits per heavy atom. The lowest BCUT2D eigenvalue weighted by Crippen LogP contribution is -2.25. The molecule has 39 heavy (non-hydrogen) atoms. The van der Waals surface area contributed by atoms with E-state index in [0.717, 1.165) is 44.9 Å². The average Bonchev–Trinajstić information content (AvgIpc) is 2.96. The number of hydrogen-bond donors (Lipinski definition) is 0. The van der Waals surface area contributed by atoms with E-state index in [9.17, 15) is 8.78 Å². The third kappa shape index (κ3) is 6.91. The van der Waals surface area contributed by atoms with E-state index in [-0.39, 0.29) is 28.9 Å². The van der Waals surface area contributed by atoms with Gasteiger partial charge in [0.25, 0.3) is 0 Å². The molecular weight excluding hydrogens is 504 g/mol. The van der Waals surface area contributed by atoms with Crippen LogP contribution in [0.1, 0.15) is 70.3 Å². The monoisotopic (exact) mass is 540 g/mol. The summed E-state index contributed by atoms with van der Waals surface area (Å²) in [6, 6.07) is 12.4. The van der Waals surface area contributed by atoms with E-state index in [0.29, 0.717) is 29.9 Å². The summed E-state index contributed by atoms with van der Waals surface area (Å²) in [6.45, 7) is 4.73. The minimum atomic E-state index is -1.03. The molecule has 1 fully saturated rings. The molecule has 1 aliphatic heterocycles. The summed E-state index contributed by atoms with van der Waals surface area (Å²) in [5, 5.41) is 0. The average molecular weight is 541 g/mol. The van der Waals surface area contributed by atoms with Gasteiger partial charge in [-0.3, -0.25) is 0 Å². The highest BCUT2D eigenvalue weighted by atomic mass is 19.2. The quantitative estimate of drug-likeness (QED) is 0.137. The second-order valence-electron chi connectivity index (χ2n) is 10.1. The van der Waals surface area contributed by atoms with Crippen LogP contribution in [-0.2, 0) is 4.74 Å². The lowest BCUT2D eigenvalue weighted by atomic mass is 9.88. The first kappa shape index (κ1) is 28.9. The van der Waals surface area contributed by atoms with Gasteiger partial charge < -0.3 is 9.47 Å². The molecular formula is C33H36F4O2. The second kappa shape index (κ2) is 13.8. The number of ether oxygens (including phenoxy) is 2. The van der Waals surface area contributed by atoms with E-state index in [1.165, 1.54) is 12.1 Å². The van der Waals surface area contributed by atoms with Gasteiger partial charge in [-0.1, -0.05) is 68.3 Å². The van der Waals surface area contributed by atoms with Crippen molar-refractivity contribution in [1.82, 2.24) is 0 Å². The van der Waals surface area contributed by atoms with Crippen LogP contribution in [0.25, 0.3) is 22.3 Å². The minimum absolute atomic E-state index is 0.0725. The molecule has 0 aromatic heterocycles.